The summed E-state index contributed by atoms with van der Waals surface area (Å²) in [5.74, 6) is 0.309. The molecule has 1 amide bonds. The fraction of sp³-hybridized carbons (Fsp3) is 0.0417. The van der Waals surface area contributed by atoms with Crippen molar-refractivity contribution in [2.24, 2.45) is 0 Å². The molecular weight excluding hydrogens is 454 g/mol. The normalized spacial score (nSPS) is 10.9. The Bertz CT molecular complexity index is 1480. The van der Waals surface area contributed by atoms with Gasteiger partial charge in [0.1, 0.15) is 0 Å². The van der Waals surface area contributed by atoms with Gasteiger partial charge < -0.3 is 0 Å². The van der Waals surface area contributed by atoms with E-state index in [0.29, 0.717) is 21.6 Å². The number of hydrogen-bond donors (Lipinski definition) is 1. The van der Waals surface area contributed by atoms with Crippen LogP contribution in [0.15, 0.2) is 94.1 Å². The molecule has 0 fully saturated rings. The maximum Gasteiger partial charge on any atom is 0.279 e. The zero-order valence-corrected chi connectivity index (χ0v) is 18.8. The summed E-state index contributed by atoms with van der Waals surface area (Å²) in [4.78, 5) is 26.2. The van der Waals surface area contributed by atoms with Gasteiger partial charge in [-0.15, -0.1) is 10.2 Å². The maximum absolute atomic E-state index is 13.2. The third-order valence-corrected chi connectivity index (χ3v) is 6.90. The van der Waals surface area contributed by atoms with Crippen LogP contribution in [0.1, 0.15) is 16.1 Å². The summed E-state index contributed by atoms with van der Waals surface area (Å²) in [7, 11) is 0. The van der Waals surface area contributed by atoms with E-state index in [4.69, 9.17) is 0 Å². The number of nitrogens with one attached hydrogen (secondary N) is 1. The molecule has 0 saturated carbocycles. The summed E-state index contributed by atoms with van der Waals surface area (Å²) in [6.45, 7) is 0. The standard InChI is InChI=1S/C24H17N5O2S2/c30-21(25-23-26-27-24(33-23)32-15-16-9-3-1-4-10-16)20-18-13-7-8-14-19(18)22(31)29(28-20)17-11-5-2-6-12-17/h1-14H,15H2,(H,25,26,30). The molecule has 3 aromatic carbocycles. The van der Waals surface area contributed by atoms with Crippen LogP contribution < -0.4 is 10.9 Å². The van der Waals surface area contributed by atoms with Crippen molar-refractivity contribution in [1.82, 2.24) is 20.0 Å². The number of hydrogen-bond acceptors (Lipinski definition) is 7. The first kappa shape index (κ1) is 21.0. The lowest BCUT2D eigenvalue weighted by Crippen LogP contribution is -2.26. The number of nitrogens with zero attached hydrogens (tertiary/aromatic N) is 4. The van der Waals surface area contributed by atoms with Crippen LogP contribution in [0.2, 0.25) is 0 Å². The Labute approximate surface area is 197 Å². The van der Waals surface area contributed by atoms with E-state index in [0.717, 1.165) is 10.1 Å². The van der Waals surface area contributed by atoms with Gasteiger partial charge in [-0.3, -0.25) is 14.9 Å². The Kier molecular flexibility index (Phi) is 5.97. The van der Waals surface area contributed by atoms with Crippen molar-refractivity contribution in [3.8, 4) is 5.69 Å². The van der Waals surface area contributed by atoms with Crippen LogP contribution in [0.3, 0.4) is 0 Å². The summed E-state index contributed by atoms with van der Waals surface area (Å²) < 4.78 is 2.00. The molecule has 0 unspecified atom stereocenters. The number of carbonyl (C=O) groups excluding carboxylic acids is 1. The molecule has 0 atom stereocenters. The highest BCUT2D eigenvalue weighted by Gasteiger charge is 2.19. The first-order valence-electron chi connectivity index (χ1n) is 10.1. The highest BCUT2D eigenvalue weighted by Crippen LogP contribution is 2.28. The molecule has 9 heteroatoms. The van der Waals surface area contributed by atoms with E-state index in [1.54, 1.807) is 48.2 Å². The van der Waals surface area contributed by atoms with Gasteiger partial charge in [0.2, 0.25) is 5.13 Å². The number of thioether (sulfide) groups is 1. The second kappa shape index (κ2) is 9.35. The molecule has 5 aromatic rings. The Morgan fingerprint density at radius 2 is 1.55 bits per heavy atom. The second-order valence-corrected chi connectivity index (χ2v) is 9.25. The summed E-state index contributed by atoms with van der Waals surface area (Å²) in [5, 5.41) is 16.7. The molecule has 0 saturated heterocycles. The van der Waals surface area contributed by atoms with Crippen LogP contribution in [-0.4, -0.2) is 25.9 Å². The highest BCUT2D eigenvalue weighted by molar-refractivity contribution is 8.00. The van der Waals surface area contributed by atoms with Crippen LogP contribution in [0.4, 0.5) is 5.13 Å². The number of benzene rings is 3. The average Bonchev–Trinajstić information content (AvgIpc) is 3.31. The molecular formula is C24H17N5O2S2. The molecule has 162 valence electrons. The number of fused-ring (bicyclic) bond motifs is 1. The molecule has 0 radical (unpaired) electrons. The second-order valence-electron chi connectivity index (χ2n) is 7.05. The van der Waals surface area contributed by atoms with E-state index in [-0.39, 0.29) is 11.3 Å². The van der Waals surface area contributed by atoms with Gasteiger partial charge in [-0.25, -0.2) is 0 Å². The molecule has 0 aliphatic carbocycles. The lowest BCUT2D eigenvalue weighted by molar-refractivity contribution is 0.102. The van der Waals surface area contributed by atoms with Crippen molar-refractivity contribution in [3.05, 3.63) is 107 Å². The number of anilines is 1. The monoisotopic (exact) mass is 471 g/mol. The van der Waals surface area contributed by atoms with Crippen molar-refractivity contribution in [3.63, 3.8) is 0 Å². The van der Waals surface area contributed by atoms with Crippen LogP contribution in [-0.2, 0) is 5.75 Å². The number of para-hydroxylation sites is 1. The van der Waals surface area contributed by atoms with Crippen molar-refractivity contribution in [2.75, 3.05) is 5.32 Å². The predicted octanol–water partition coefficient (Wildman–Crippen LogP) is 4.78. The van der Waals surface area contributed by atoms with Gasteiger partial charge in [0.05, 0.1) is 11.1 Å². The van der Waals surface area contributed by atoms with Gasteiger partial charge in [0, 0.05) is 11.1 Å². The minimum Gasteiger partial charge on any atom is -0.295 e. The summed E-state index contributed by atoms with van der Waals surface area (Å²) >= 11 is 2.85. The molecule has 7 nitrogen and oxygen atoms in total. The van der Waals surface area contributed by atoms with Crippen LogP contribution >= 0.6 is 23.1 Å². The first-order chi connectivity index (χ1) is 16.2. The fourth-order valence-corrected chi connectivity index (χ4v) is 5.00. The zero-order valence-electron chi connectivity index (χ0n) is 17.2. The molecule has 2 aromatic heterocycles. The Morgan fingerprint density at radius 1 is 0.879 bits per heavy atom. The van der Waals surface area contributed by atoms with E-state index in [9.17, 15) is 9.59 Å². The lowest BCUT2D eigenvalue weighted by Gasteiger charge is -2.10. The number of rotatable bonds is 6. The average molecular weight is 472 g/mol. The van der Waals surface area contributed by atoms with E-state index >= 15 is 0 Å². The molecule has 1 N–H and O–H groups in total. The van der Waals surface area contributed by atoms with Crippen LogP contribution in [0.5, 0.6) is 0 Å². The highest BCUT2D eigenvalue weighted by atomic mass is 32.2. The topological polar surface area (TPSA) is 89.8 Å². The summed E-state index contributed by atoms with van der Waals surface area (Å²) in [6, 6.07) is 26.0. The summed E-state index contributed by atoms with van der Waals surface area (Å²) in [6.07, 6.45) is 0. The van der Waals surface area contributed by atoms with Gasteiger partial charge in [0.15, 0.2) is 10.0 Å². The Balaban J connectivity index is 1.43. The molecule has 0 bridgehead atoms. The molecule has 5 rings (SSSR count). The minimum atomic E-state index is -0.452. The molecule has 2 heterocycles. The zero-order chi connectivity index (χ0) is 22.6. The quantitative estimate of drug-likeness (QED) is 0.283. The van der Waals surface area contributed by atoms with E-state index in [1.807, 2.05) is 36.4 Å². The van der Waals surface area contributed by atoms with Crippen molar-refractivity contribution in [2.45, 2.75) is 10.1 Å². The molecule has 0 aliphatic rings. The van der Waals surface area contributed by atoms with Crippen LogP contribution in [0, 0.1) is 0 Å². The molecule has 0 spiro atoms. The number of amides is 1. The fourth-order valence-electron chi connectivity index (χ4n) is 3.30. The van der Waals surface area contributed by atoms with E-state index in [1.165, 1.54) is 21.6 Å². The minimum absolute atomic E-state index is 0.141. The maximum atomic E-state index is 13.2. The van der Waals surface area contributed by atoms with Gasteiger partial charge in [0.25, 0.3) is 11.5 Å². The van der Waals surface area contributed by atoms with Gasteiger partial charge >= 0.3 is 0 Å². The number of aromatic nitrogens is 4. The van der Waals surface area contributed by atoms with Crippen molar-refractivity contribution < 1.29 is 4.79 Å². The predicted molar refractivity (Wildman–Crippen MR) is 131 cm³/mol. The number of carbonyl (C=O) groups is 1. The third kappa shape index (κ3) is 4.55. The van der Waals surface area contributed by atoms with E-state index in [2.05, 4.69) is 32.7 Å². The Hall–Kier alpha value is -3.82. The van der Waals surface area contributed by atoms with Crippen LogP contribution in [0.25, 0.3) is 16.5 Å². The largest absolute Gasteiger partial charge is 0.295 e. The SMILES string of the molecule is O=C(Nc1nnc(SCc2ccccc2)s1)c1nn(-c2ccccc2)c(=O)c2ccccc12. The molecule has 0 aliphatic heterocycles. The Morgan fingerprint density at radius 3 is 2.30 bits per heavy atom. The van der Waals surface area contributed by atoms with Gasteiger partial charge in [-0.1, -0.05) is 89.8 Å². The molecule has 33 heavy (non-hydrogen) atoms. The van der Waals surface area contributed by atoms with Gasteiger partial charge in [-0.05, 0) is 23.8 Å². The smallest absolute Gasteiger partial charge is 0.279 e. The summed E-state index contributed by atoms with van der Waals surface area (Å²) in [5.41, 5.74) is 1.62. The lowest BCUT2D eigenvalue weighted by atomic mass is 10.1. The third-order valence-electron chi connectivity index (χ3n) is 4.85. The van der Waals surface area contributed by atoms with Crippen molar-refractivity contribution in [1.29, 1.82) is 0 Å². The first-order valence-corrected chi connectivity index (χ1v) is 11.9. The van der Waals surface area contributed by atoms with E-state index < -0.39 is 5.91 Å². The van der Waals surface area contributed by atoms with Crippen molar-refractivity contribution >= 4 is 44.9 Å². The van der Waals surface area contributed by atoms with Gasteiger partial charge in [-0.2, -0.15) is 9.78 Å².